The van der Waals surface area contributed by atoms with Gasteiger partial charge in [-0.05, 0) is 37.7 Å². The lowest BCUT2D eigenvalue weighted by atomic mass is 9.92. The summed E-state index contributed by atoms with van der Waals surface area (Å²) in [6.45, 7) is 6.88. The van der Waals surface area contributed by atoms with E-state index in [-0.39, 0.29) is 0 Å². The van der Waals surface area contributed by atoms with Crippen LogP contribution in [0.15, 0.2) is 23.3 Å². The number of hydrogen-bond acceptors (Lipinski definition) is 1. The Balaban J connectivity index is 2.33. The molecule has 0 heterocycles. The topological polar surface area (TPSA) is 0 Å². The number of allylic oxidation sites excluding steroid dienone is 3. The molecule has 0 aliphatic heterocycles. The van der Waals surface area contributed by atoms with E-state index in [9.17, 15) is 0 Å². The van der Waals surface area contributed by atoms with Crippen LogP contribution in [0.1, 0.15) is 52.9 Å². The van der Waals surface area contributed by atoms with Crippen LogP contribution in [-0.4, -0.2) is 5.25 Å². The monoisotopic (exact) mass is 224 g/mol. The fourth-order valence-corrected chi connectivity index (χ4v) is 2.38. The van der Waals surface area contributed by atoms with E-state index in [0.29, 0.717) is 5.25 Å². The van der Waals surface area contributed by atoms with Crippen LogP contribution < -0.4 is 0 Å². The Kier molecular flexibility index (Phi) is 5.52. The highest BCUT2D eigenvalue weighted by Crippen LogP contribution is 2.26. The fraction of sp³-hybridized carbons (Fsp3) is 0.714. The van der Waals surface area contributed by atoms with Crippen molar-refractivity contribution in [3.8, 4) is 0 Å². The predicted molar refractivity (Wildman–Crippen MR) is 72.5 cm³/mol. The van der Waals surface area contributed by atoms with Crippen LogP contribution in [0.4, 0.5) is 0 Å². The Bertz CT molecular complexity index is 250. The van der Waals surface area contributed by atoms with Crippen molar-refractivity contribution >= 4 is 12.6 Å². The van der Waals surface area contributed by atoms with Crippen LogP contribution in [0.3, 0.4) is 0 Å². The fourth-order valence-electron chi connectivity index (χ4n) is 2.02. The maximum absolute atomic E-state index is 4.48. The summed E-state index contributed by atoms with van der Waals surface area (Å²) < 4.78 is 0. The molecule has 0 fully saturated rings. The van der Waals surface area contributed by atoms with Gasteiger partial charge >= 0.3 is 0 Å². The standard InChI is InChI=1S/C14H24S/c1-4-11(2)6-5-7-13-8-9-14(15)10-12(13)3/h8-9,11,14-15H,4-7,10H2,1-3H3/t11-,14?/m0/s1. The summed E-state index contributed by atoms with van der Waals surface area (Å²) in [7, 11) is 0. The predicted octanol–water partition coefficient (Wildman–Crippen LogP) is 4.78. The molecule has 1 unspecified atom stereocenters. The van der Waals surface area contributed by atoms with Crippen LogP contribution >= 0.6 is 12.6 Å². The highest BCUT2D eigenvalue weighted by atomic mass is 32.1. The second kappa shape index (κ2) is 6.42. The Morgan fingerprint density at radius 3 is 2.87 bits per heavy atom. The number of rotatable bonds is 5. The van der Waals surface area contributed by atoms with Crippen molar-refractivity contribution in [1.29, 1.82) is 0 Å². The van der Waals surface area contributed by atoms with Crippen LogP contribution in [0.25, 0.3) is 0 Å². The minimum absolute atomic E-state index is 0.448. The Hall–Kier alpha value is -0.170. The van der Waals surface area contributed by atoms with Crippen molar-refractivity contribution < 1.29 is 0 Å². The highest BCUT2D eigenvalue weighted by Gasteiger charge is 2.10. The van der Waals surface area contributed by atoms with Crippen LogP contribution in [0.5, 0.6) is 0 Å². The zero-order chi connectivity index (χ0) is 11.3. The molecular weight excluding hydrogens is 200 g/mol. The molecule has 1 heteroatoms. The molecule has 0 aromatic heterocycles. The van der Waals surface area contributed by atoms with E-state index >= 15 is 0 Å². The van der Waals surface area contributed by atoms with Gasteiger partial charge in [-0.15, -0.1) is 0 Å². The molecule has 0 amide bonds. The van der Waals surface area contributed by atoms with Crippen LogP contribution in [0.2, 0.25) is 0 Å². The summed E-state index contributed by atoms with van der Waals surface area (Å²) in [6.07, 6.45) is 10.9. The third-order valence-electron chi connectivity index (χ3n) is 3.42. The van der Waals surface area contributed by atoms with Crippen LogP contribution in [0, 0.1) is 5.92 Å². The third-order valence-corrected chi connectivity index (χ3v) is 3.78. The molecular formula is C14H24S. The highest BCUT2D eigenvalue weighted by molar-refractivity contribution is 7.81. The quantitative estimate of drug-likeness (QED) is 0.638. The van der Waals surface area contributed by atoms with Crippen molar-refractivity contribution in [3.05, 3.63) is 23.3 Å². The average molecular weight is 224 g/mol. The van der Waals surface area contributed by atoms with Gasteiger partial charge in [-0.2, -0.15) is 12.6 Å². The van der Waals surface area contributed by atoms with E-state index in [1.54, 1.807) is 11.1 Å². The first kappa shape index (κ1) is 12.9. The van der Waals surface area contributed by atoms with Gasteiger partial charge in [0.05, 0.1) is 0 Å². The molecule has 0 N–H and O–H groups in total. The van der Waals surface area contributed by atoms with Gasteiger partial charge in [0.1, 0.15) is 0 Å². The first-order valence-electron chi connectivity index (χ1n) is 6.18. The lowest BCUT2D eigenvalue weighted by Crippen LogP contribution is -2.03. The molecule has 0 aromatic rings. The van der Waals surface area contributed by atoms with E-state index in [4.69, 9.17) is 0 Å². The van der Waals surface area contributed by atoms with Gasteiger partial charge in [0.15, 0.2) is 0 Å². The molecule has 0 saturated carbocycles. The summed E-state index contributed by atoms with van der Waals surface area (Å²) in [5, 5.41) is 0.448. The molecule has 0 bridgehead atoms. The summed E-state index contributed by atoms with van der Waals surface area (Å²) in [5.41, 5.74) is 3.10. The summed E-state index contributed by atoms with van der Waals surface area (Å²) in [6, 6.07) is 0. The second-order valence-electron chi connectivity index (χ2n) is 4.84. The van der Waals surface area contributed by atoms with E-state index in [1.165, 1.54) is 25.7 Å². The molecule has 1 aliphatic carbocycles. The van der Waals surface area contributed by atoms with Crippen molar-refractivity contribution in [1.82, 2.24) is 0 Å². The first-order valence-corrected chi connectivity index (χ1v) is 6.70. The van der Waals surface area contributed by atoms with Crippen molar-refractivity contribution in [3.63, 3.8) is 0 Å². The summed E-state index contributed by atoms with van der Waals surface area (Å²) >= 11 is 4.48. The van der Waals surface area contributed by atoms with E-state index in [1.807, 2.05) is 0 Å². The maximum atomic E-state index is 4.48. The smallest absolute Gasteiger partial charge is 0.0237 e. The zero-order valence-electron chi connectivity index (χ0n) is 10.3. The molecule has 0 spiro atoms. The van der Waals surface area contributed by atoms with Crippen molar-refractivity contribution in [2.45, 2.75) is 58.1 Å². The van der Waals surface area contributed by atoms with Gasteiger partial charge in [-0.3, -0.25) is 0 Å². The molecule has 1 aliphatic rings. The Morgan fingerprint density at radius 2 is 2.27 bits per heavy atom. The first-order chi connectivity index (χ1) is 7.13. The van der Waals surface area contributed by atoms with Gasteiger partial charge in [0.25, 0.3) is 0 Å². The normalized spacial score (nSPS) is 23.3. The van der Waals surface area contributed by atoms with Gasteiger partial charge in [0, 0.05) is 5.25 Å². The molecule has 0 saturated heterocycles. The third kappa shape index (κ3) is 4.46. The lowest BCUT2D eigenvalue weighted by Gasteiger charge is -2.17. The molecule has 2 atom stereocenters. The second-order valence-corrected chi connectivity index (χ2v) is 5.51. The summed E-state index contributed by atoms with van der Waals surface area (Å²) in [4.78, 5) is 0. The van der Waals surface area contributed by atoms with Crippen molar-refractivity contribution in [2.24, 2.45) is 5.92 Å². The van der Waals surface area contributed by atoms with Gasteiger partial charge in [0.2, 0.25) is 0 Å². The van der Waals surface area contributed by atoms with Crippen molar-refractivity contribution in [2.75, 3.05) is 0 Å². The zero-order valence-corrected chi connectivity index (χ0v) is 11.2. The van der Waals surface area contributed by atoms with Gasteiger partial charge < -0.3 is 0 Å². The average Bonchev–Trinajstić information content (AvgIpc) is 2.21. The van der Waals surface area contributed by atoms with Gasteiger partial charge in [-0.25, -0.2) is 0 Å². The minimum atomic E-state index is 0.448. The Labute approximate surface area is 100 Å². The molecule has 0 nitrogen and oxygen atoms in total. The van der Waals surface area contributed by atoms with E-state index < -0.39 is 0 Å². The molecule has 0 radical (unpaired) electrons. The maximum Gasteiger partial charge on any atom is 0.0237 e. The van der Waals surface area contributed by atoms with Gasteiger partial charge in [-0.1, -0.05) is 44.4 Å². The lowest BCUT2D eigenvalue weighted by molar-refractivity contribution is 0.495. The number of hydrogen-bond donors (Lipinski definition) is 1. The molecule has 0 aromatic carbocycles. The van der Waals surface area contributed by atoms with E-state index in [2.05, 4.69) is 45.6 Å². The van der Waals surface area contributed by atoms with Crippen LogP contribution in [-0.2, 0) is 0 Å². The minimum Gasteiger partial charge on any atom is -0.171 e. The molecule has 15 heavy (non-hydrogen) atoms. The van der Waals surface area contributed by atoms with E-state index in [0.717, 1.165) is 12.3 Å². The largest absolute Gasteiger partial charge is 0.171 e. The molecule has 1 rings (SSSR count). The number of thiol groups is 1. The SMILES string of the molecule is CC[C@H](C)CCCC1=C(C)CC(S)C=C1. The molecule has 86 valence electrons. The Morgan fingerprint density at radius 1 is 1.53 bits per heavy atom. The summed E-state index contributed by atoms with van der Waals surface area (Å²) in [5.74, 6) is 0.885.